The van der Waals surface area contributed by atoms with E-state index < -0.39 is 0 Å². The van der Waals surface area contributed by atoms with Crippen LogP contribution in [0.1, 0.15) is 17.9 Å². The first kappa shape index (κ1) is 9.49. The fourth-order valence-corrected chi connectivity index (χ4v) is 3.03. The van der Waals surface area contributed by atoms with Crippen LogP contribution >= 0.6 is 11.6 Å². The number of fused-ring (bicyclic) bond motifs is 3. The van der Waals surface area contributed by atoms with Crippen molar-refractivity contribution in [2.24, 2.45) is 0 Å². The molecule has 2 aliphatic heterocycles. The predicted molar refractivity (Wildman–Crippen MR) is 63.7 cm³/mol. The van der Waals surface area contributed by atoms with Gasteiger partial charge in [-0.1, -0.05) is 23.7 Å². The summed E-state index contributed by atoms with van der Waals surface area (Å²) in [6, 6.07) is 6.82. The Morgan fingerprint density at radius 3 is 3.20 bits per heavy atom. The highest BCUT2D eigenvalue weighted by Crippen LogP contribution is 2.43. The molecule has 0 aliphatic carbocycles. The second-order valence-corrected chi connectivity index (χ2v) is 5.02. The SMILES string of the molecule is CN1CCC2Nc3c(Cl)cccc3C2C1. The van der Waals surface area contributed by atoms with E-state index in [0.29, 0.717) is 12.0 Å². The summed E-state index contributed by atoms with van der Waals surface area (Å²) in [7, 11) is 2.19. The third-order valence-corrected chi connectivity index (χ3v) is 3.91. The fraction of sp³-hybridized carbons (Fsp3) is 0.500. The highest BCUT2D eigenvalue weighted by Gasteiger charge is 2.36. The molecule has 3 heteroatoms. The molecule has 2 aliphatic rings. The number of hydrogen-bond acceptors (Lipinski definition) is 2. The van der Waals surface area contributed by atoms with Gasteiger partial charge in [0.1, 0.15) is 0 Å². The topological polar surface area (TPSA) is 15.3 Å². The summed E-state index contributed by atoms with van der Waals surface area (Å²) in [6.45, 7) is 2.32. The Kier molecular flexibility index (Phi) is 2.15. The number of halogens is 1. The van der Waals surface area contributed by atoms with E-state index in [0.717, 1.165) is 11.6 Å². The van der Waals surface area contributed by atoms with E-state index in [1.807, 2.05) is 6.07 Å². The molecular weight excluding hydrogens is 208 g/mol. The summed E-state index contributed by atoms with van der Waals surface area (Å²) in [5.41, 5.74) is 2.57. The molecule has 1 N–H and O–H groups in total. The number of likely N-dealkylation sites (N-methyl/N-ethyl adjacent to an activating group) is 1. The van der Waals surface area contributed by atoms with Crippen LogP contribution in [0.2, 0.25) is 5.02 Å². The van der Waals surface area contributed by atoms with E-state index >= 15 is 0 Å². The lowest BCUT2D eigenvalue weighted by atomic mass is 9.90. The number of nitrogens with one attached hydrogen (secondary N) is 1. The highest BCUT2D eigenvalue weighted by atomic mass is 35.5. The summed E-state index contributed by atoms with van der Waals surface area (Å²) < 4.78 is 0. The third-order valence-electron chi connectivity index (χ3n) is 3.59. The summed E-state index contributed by atoms with van der Waals surface area (Å²) >= 11 is 6.19. The van der Waals surface area contributed by atoms with Gasteiger partial charge in [0.25, 0.3) is 0 Å². The average Bonchev–Trinajstić information content (AvgIpc) is 2.58. The van der Waals surface area contributed by atoms with Crippen LogP contribution in [0.4, 0.5) is 5.69 Å². The van der Waals surface area contributed by atoms with E-state index in [1.165, 1.54) is 24.2 Å². The Bertz CT molecular complexity index is 391. The lowest BCUT2D eigenvalue weighted by molar-refractivity contribution is 0.243. The van der Waals surface area contributed by atoms with Crippen LogP contribution in [0.25, 0.3) is 0 Å². The molecule has 2 heterocycles. The maximum absolute atomic E-state index is 6.19. The molecule has 3 rings (SSSR count). The standard InChI is InChI=1S/C12H15ClN2/c1-15-6-5-11-9(7-15)8-3-2-4-10(13)12(8)14-11/h2-4,9,11,14H,5-7H2,1H3. The first-order valence-corrected chi connectivity index (χ1v) is 5.87. The van der Waals surface area contributed by atoms with Crippen LogP contribution < -0.4 is 5.32 Å². The van der Waals surface area contributed by atoms with Crippen LogP contribution in [0, 0.1) is 0 Å². The number of benzene rings is 1. The van der Waals surface area contributed by atoms with Crippen LogP contribution in [0.3, 0.4) is 0 Å². The molecular formula is C12H15ClN2. The van der Waals surface area contributed by atoms with Crippen molar-refractivity contribution in [2.75, 3.05) is 25.5 Å². The molecule has 1 saturated heterocycles. The maximum atomic E-state index is 6.19. The maximum Gasteiger partial charge on any atom is 0.0640 e. The monoisotopic (exact) mass is 222 g/mol. The molecule has 2 unspecified atom stereocenters. The van der Waals surface area contributed by atoms with Crippen molar-refractivity contribution < 1.29 is 0 Å². The Morgan fingerprint density at radius 2 is 2.33 bits per heavy atom. The molecule has 1 aromatic carbocycles. The first-order chi connectivity index (χ1) is 7.25. The fourth-order valence-electron chi connectivity index (χ4n) is 2.79. The number of anilines is 1. The van der Waals surface area contributed by atoms with Crippen molar-refractivity contribution >= 4 is 17.3 Å². The molecule has 1 fully saturated rings. The van der Waals surface area contributed by atoms with Crippen molar-refractivity contribution in [3.63, 3.8) is 0 Å². The minimum absolute atomic E-state index is 0.594. The van der Waals surface area contributed by atoms with Gasteiger partial charge in [0.05, 0.1) is 10.7 Å². The van der Waals surface area contributed by atoms with Crippen molar-refractivity contribution in [1.82, 2.24) is 4.90 Å². The molecule has 1 aromatic rings. The lowest BCUT2D eigenvalue weighted by Gasteiger charge is -2.32. The van der Waals surface area contributed by atoms with E-state index in [2.05, 4.69) is 29.4 Å². The number of nitrogens with zero attached hydrogens (tertiary/aromatic N) is 1. The van der Waals surface area contributed by atoms with E-state index in [9.17, 15) is 0 Å². The first-order valence-electron chi connectivity index (χ1n) is 5.49. The van der Waals surface area contributed by atoms with Gasteiger partial charge in [0.2, 0.25) is 0 Å². The average molecular weight is 223 g/mol. The van der Waals surface area contributed by atoms with Gasteiger partial charge < -0.3 is 10.2 Å². The van der Waals surface area contributed by atoms with Crippen molar-refractivity contribution in [3.8, 4) is 0 Å². The third kappa shape index (κ3) is 1.44. The summed E-state index contributed by atoms with van der Waals surface area (Å²) in [5.74, 6) is 0.623. The molecule has 80 valence electrons. The number of likely N-dealkylation sites (tertiary alicyclic amines) is 1. The molecule has 0 radical (unpaired) electrons. The predicted octanol–water partition coefficient (Wildman–Crippen LogP) is 2.55. The zero-order valence-electron chi connectivity index (χ0n) is 8.83. The molecule has 0 spiro atoms. The summed E-state index contributed by atoms with van der Waals surface area (Å²) in [6.07, 6.45) is 1.21. The van der Waals surface area contributed by atoms with E-state index in [-0.39, 0.29) is 0 Å². The molecule has 0 saturated carbocycles. The Labute approximate surface area is 95.2 Å². The molecule has 0 aromatic heterocycles. The minimum Gasteiger partial charge on any atom is -0.380 e. The van der Waals surface area contributed by atoms with Crippen LogP contribution in [0.5, 0.6) is 0 Å². The Morgan fingerprint density at radius 1 is 1.47 bits per heavy atom. The lowest BCUT2D eigenvalue weighted by Crippen LogP contribution is -2.39. The van der Waals surface area contributed by atoms with Gasteiger partial charge in [0, 0.05) is 18.5 Å². The highest BCUT2D eigenvalue weighted by molar-refractivity contribution is 6.33. The van der Waals surface area contributed by atoms with Gasteiger partial charge in [0.15, 0.2) is 0 Å². The van der Waals surface area contributed by atoms with Gasteiger partial charge in [-0.15, -0.1) is 0 Å². The van der Waals surface area contributed by atoms with Crippen LogP contribution in [0.15, 0.2) is 18.2 Å². The smallest absolute Gasteiger partial charge is 0.0640 e. The van der Waals surface area contributed by atoms with Gasteiger partial charge in [-0.25, -0.2) is 0 Å². The van der Waals surface area contributed by atoms with Gasteiger partial charge >= 0.3 is 0 Å². The van der Waals surface area contributed by atoms with Crippen LogP contribution in [-0.4, -0.2) is 31.1 Å². The Balaban J connectivity index is 2.01. The molecule has 2 atom stereocenters. The minimum atomic E-state index is 0.594. The molecule has 15 heavy (non-hydrogen) atoms. The van der Waals surface area contributed by atoms with Crippen molar-refractivity contribution in [1.29, 1.82) is 0 Å². The van der Waals surface area contributed by atoms with Crippen molar-refractivity contribution in [3.05, 3.63) is 28.8 Å². The molecule has 0 amide bonds. The number of rotatable bonds is 0. The van der Waals surface area contributed by atoms with Gasteiger partial charge in [-0.05, 0) is 31.6 Å². The summed E-state index contributed by atoms with van der Waals surface area (Å²) in [5, 5.41) is 4.43. The number of piperidine rings is 1. The number of para-hydroxylation sites is 1. The zero-order chi connectivity index (χ0) is 10.4. The normalized spacial score (nSPS) is 29.5. The van der Waals surface area contributed by atoms with Crippen molar-refractivity contribution in [2.45, 2.75) is 18.4 Å². The Hall–Kier alpha value is -0.730. The second kappa shape index (κ2) is 3.39. The molecule has 2 nitrogen and oxygen atoms in total. The van der Waals surface area contributed by atoms with Gasteiger partial charge in [-0.2, -0.15) is 0 Å². The second-order valence-electron chi connectivity index (χ2n) is 4.61. The van der Waals surface area contributed by atoms with Crippen LogP contribution in [-0.2, 0) is 0 Å². The van der Waals surface area contributed by atoms with E-state index in [1.54, 1.807) is 0 Å². The summed E-state index contributed by atoms with van der Waals surface area (Å²) in [4.78, 5) is 2.40. The van der Waals surface area contributed by atoms with E-state index in [4.69, 9.17) is 11.6 Å². The zero-order valence-corrected chi connectivity index (χ0v) is 9.59. The molecule has 0 bridgehead atoms. The van der Waals surface area contributed by atoms with Gasteiger partial charge in [-0.3, -0.25) is 0 Å². The number of hydrogen-bond donors (Lipinski definition) is 1. The largest absolute Gasteiger partial charge is 0.380 e. The quantitative estimate of drug-likeness (QED) is 0.726.